The summed E-state index contributed by atoms with van der Waals surface area (Å²) in [4.78, 5) is 19.6. The van der Waals surface area contributed by atoms with Gasteiger partial charge in [-0.2, -0.15) is 0 Å². The number of nitrogens with zero attached hydrogens (tertiary/aromatic N) is 2. The van der Waals surface area contributed by atoms with E-state index in [1.54, 1.807) is 31.4 Å². The molecule has 0 aliphatic rings. The summed E-state index contributed by atoms with van der Waals surface area (Å²) in [7, 11) is 1.64. The van der Waals surface area contributed by atoms with Crippen LogP contribution in [0.4, 0.5) is 11.5 Å². The Kier molecular flexibility index (Phi) is 4.84. The number of aromatic carboxylic acids is 1. The van der Waals surface area contributed by atoms with Crippen LogP contribution in [-0.4, -0.2) is 34.8 Å². The largest absolute Gasteiger partial charge is 0.478 e. The highest BCUT2D eigenvalue weighted by Gasteiger charge is 2.05. The molecule has 2 aromatic rings. The molecule has 2 rings (SSSR count). The molecule has 21 heavy (non-hydrogen) atoms. The zero-order valence-electron chi connectivity index (χ0n) is 12.0. The Bertz CT molecular complexity index is 627. The maximum atomic E-state index is 10.8. The first-order chi connectivity index (χ1) is 10.1. The summed E-state index contributed by atoms with van der Waals surface area (Å²) < 4.78 is 5.02. The van der Waals surface area contributed by atoms with Crippen LogP contribution in [0.3, 0.4) is 0 Å². The molecule has 6 nitrogen and oxygen atoms in total. The van der Waals surface area contributed by atoms with E-state index in [4.69, 9.17) is 9.84 Å². The molecule has 0 aliphatic heterocycles. The van der Waals surface area contributed by atoms with Gasteiger partial charge in [0.05, 0.1) is 12.2 Å². The molecule has 0 saturated carbocycles. The monoisotopic (exact) mass is 287 g/mol. The lowest BCUT2D eigenvalue weighted by molar-refractivity contribution is 0.0697. The van der Waals surface area contributed by atoms with Gasteiger partial charge in [-0.05, 0) is 31.2 Å². The molecular weight excluding hydrogens is 270 g/mol. The molecule has 0 amide bonds. The first-order valence-corrected chi connectivity index (χ1v) is 6.52. The summed E-state index contributed by atoms with van der Waals surface area (Å²) in [6.45, 7) is 2.47. The van der Waals surface area contributed by atoms with Gasteiger partial charge in [0.15, 0.2) is 0 Å². The van der Waals surface area contributed by atoms with E-state index in [1.807, 2.05) is 13.0 Å². The number of aromatic nitrogens is 2. The van der Waals surface area contributed by atoms with Crippen molar-refractivity contribution in [1.82, 2.24) is 9.97 Å². The van der Waals surface area contributed by atoms with Crippen LogP contribution in [0.2, 0.25) is 0 Å². The zero-order chi connectivity index (χ0) is 15.2. The van der Waals surface area contributed by atoms with Crippen molar-refractivity contribution >= 4 is 17.5 Å². The number of anilines is 2. The topological polar surface area (TPSA) is 84.3 Å². The second-order valence-corrected chi connectivity index (χ2v) is 4.56. The molecule has 110 valence electrons. The van der Waals surface area contributed by atoms with E-state index in [9.17, 15) is 4.79 Å². The van der Waals surface area contributed by atoms with Gasteiger partial charge < -0.3 is 15.2 Å². The molecule has 1 aromatic heterocycles. The minimum atomic E-state index is -0.943. The summed E-state index contributed by atoms with van der Waals surface area (Å²) in [5.74, 6) is 0.444. The van der Waals surface area contributed by atoms with E-state index < -0.39 is 5.97 Å². The van der Waals surface area contributed by atoms with Gasteiger partial charge in [0.2, 0.25) is 0 Å². The van der Waals surface area contributed by atoms with Crippen LogP contribution in [0, 0.1) is 6.92 Å². The summed E-state index contributed by atoms with van der Waals surface area (Å²) in [6, 6.07) is 8.34. The molecule has 1 heterocycles. The normalized spacial score (nSPS) is 10.4. The van der Waals surface area contributed by atoms with Crippen LogP contribution >= 0.6 is 0 Å². The lowest BCUT2D eigenvalue weighted by Crippen LogP contribution is -2.05. The summed E-state index contributed by atoms with van der Waals surface area (Å²) in [6.07, 6.45) is 0.644. The Balaban J connectivity index is 2.14. The number of methoxy groups -OCH3 is 1. The molecule has 0 atom stereocenters. The molecule has 1 aromatic carbocycles. The molecule has 2 N–H and O–H groups in total. The predicted octanol–water partition coefficient (Wildman–Crippen LogP) is 2.42. The van der Waals surface area contributed by atoms with Crippen LogP contribution in [0.1, 0.15) is 21.9 Å². The predicted molar refractivity (Wildman–Crippen MR) is 79.0 cm³/mol. The summed E-state index contributed by atoms with van der Waals surface area (Å²) in [5, 5.41) is 12.0. The number of nitrogens with one attached hydrogen (secondary N) is 1. The standard InChI is InChI=1S/C15H17N3O3/c1-10-9-14(18-13(16-10)7-8-21-2)17-12-5-3-11(4-6-12)15(19)20/h3-6,9H,7-8H2,1-2H3,(H,19,20)(H,16,17,18). The maximum Gasteiger partial charge on any atom is 0.335 e. The van der Waals surface area contributed by atoms with E-state index in [0.717, 1.165) is 11.4 Å². The number of ether oxygens (including phenoxy) is 1. The first kappa shape index (κ1) is 14.9. The highest BCUT2D eigenvalue weighted by Crippen LogP contribution is 2.16. The molecule has 0 fully saturated rings. The van der Waals surface area contributed by atoms with Crippen LogP contribution in [0.25, 0.3) is 0 Å². The van der Waals surface area contributed by atoms with E-state index in [-0.39, 0.29) is 5.56 Å². The van der Waals surface area contributed by atoms with E-state index >= 15 is 0 Å². The van der Waals surface area contributed by atoms with Gasteiger partial charge in [0.1, 0.15) is 11.6 Å². The lowest BCUT2D eigenvalue weighted by atomic mass is 10.2. The first-order valence-electron chi connectivity index (χ1n) is 6.52. The van der Waals surface area contributed by atoms with Gasteiger partial charge in [0, 0.05) is 31.0 Å². The molecule has 0 unspecified atom stereocenters. The second kappa shape index (κ2) is 6.81. The molecule has 0 aliphatic carbocycles. The van der Waals surface area contributed by atoms with Crippen LogP contribution in [-0.2, 0) is 11.2 Å². The van der Waals surface area contributed by atoms with E-state index in [1.165, 1.54) is 0 Å². The highest BCUT2D eigenvalue weighted by atomic mass is 16.5. The quantitative estimate of drug-likeness (QED) is 0.848. The fourth-order valence-electron chi connectivity index (χ4n) is 1.84. The van der Waals surface area contributed by atoms with Gasteiger partial charge in [-0.1, -0.05) is 0 Å². The van der Waals surface area contributed by atoms with E-state index in [2.05, 4.69) is 15.3 Å². The number of carboxylic acid groups (broad SMARTS) is 1. The maximum absolute atomic E-state index is 10.8. The van der Waals surface area contributed by atoms with Crippen LogP contribution in [0.15, 0.2) is 30.3 Å². The van der Waals surface area contributed by atoms with Crippen molar-refractivity contribution < 1.29 is 14.6 Å². The third kappa shape index (κ3) is 4.25. The highest BCUT2D eigenvalue weighted by molar-refractivity contribution is 5.88. The van der Waals surface area contributed by atoms with Crippen molar-refractivity contribution in [2.75, 3.05) is 19.0 Å². The average Bonchev–Trinajstić information content (AvgIpc) is 2.45. The van der Waals surface area contributed by atoms with Gasteiger partial charge in [-0.15, -0.1) is 0 Å². The second-order valence-electron chi connectivity index (χ2n) is 4.56. The van der Waals surface area contributed by atoms with Crippen molar-refractivity contribution in [2.24, 2.45) is 0 Å². The molecule has 0 radical (unpaired) electrons. The Morgan fingerprint density at radius 1 is 1.29 bits per heavy atom. The molecule has 0 spiro atoms. The molecule has 0 saturated heterocycles. The fraction of sp³-hybridized carbons (Fsp3) is 0.267. The van der Waals surface area contributed by atoms with E-state index in [0.29, 0.717) is 24.7 Å². The minimum Gasteiger partial charge on any atom is -0.478 e. The van der Waals surface area contributed by atoms with Gasteiger partial charge in [-0.25, -0.2) is 14.8 Å². The number of hydrogen-bond acceptors (Lipinski definition) is 5. The lowest BCUT2D eigenvalue weighted by Gasteiger charge is -2.08. The van der Waals surface area contributed by atoms with Crippen LogP contribution < -0.4 is 5.32 Å². The molecular formula is C15H17N3O3. The van der Waals surface area contributed by atoms with Crippen molar-refractivity contribution in [3.63, 3.8) is 0 Å². The third-order valence-corrected chi connectivity index (χ3v) is 2.83. The summed E-state index contributed by atoms with van der Waals surface area (Å²) in [5.41, 5.74) is 1.89. The van der Waals surface area contributed by atoms with Crippen molar-refractivity contribution in [3.8, 4) is 0 Å². The number of carbonyl (C=O) groups is 1. The number of hydrogen-bond donors (Lipinski definition) is 2. The van der Waals surface area contributed by atoms with Gasteiger partial charge in [0.25, 0.3) is 0 Å². The average molecular weight is 287 g/mol. The van der Waals surface area contributed by atoms with Crippen molar-refractivity contribution in [2.45, 2.75) is 13.3 Å². The minimum absolute atomic E-state index is 0.250. The third-order valence-electron chi connectivity index (χ3n) is 2.83. The van der Waals surface area contributed by atoms with Gasteiger partial charge >= 0.3 is 5.97 Å². The molecule has 6 heteroatoms. The number of benzene rings is 1. The van der Waals surface area contributed by atoms with Crippen molar-refractivity contribution in [3.05, 3.63) is 47.4 Å². The number of rotatable bonds is 6. The number of aryl methyl sites for hydroxylation is 1. The Morgan fingerprint density at radius 3 is 2.62 bits per heavy atom. The summed E-state index contributed by atoms with van der Waals surface area (Å²) >= 11 is 0. The zero-order valence-corrected chi connectivity index (χ0v) is 12.0. The van der Waals surface area contributed by atoms with Crippen LogP contribution in [0.5, 0.6) is 0 Å². The Labute approximate surface area is 122 Å². The Hall–Kier alpha value is -2.47. The van der Waals surface area contributed by atoms with Gasteiger partial charge in [-0.3, -0.25) is 0 Å². The fourth-order valence-corrected chi connectivity index (χ4v) is 1.84. The van der Waals surface area contributed by atoms with Crippen molar-refractivity contribution in [1.29, 1.82) is 0 Å². The Morgan fingerprint density at radius 2 is 2.00 bits per heavy atom. The smallest absolute Gasteiger partial charge is 0.335 e. The molecule has 0 bridgehead atoms. The SMILES string of the molecule is COCCc1nc(C)cc(Nc2ccc(C(=O)O)cc2)n1. The number of carboxylic acids is 1.